The molecule has 2 N–H and O–H groups in total. The van der Waals surface area contributed by atoms with E-state index in [9.17, 15) is 8.78 Å². The van der Waals surface area contributed by atoms with Crippen LogP contribution in [0, 0.1) is 0 Å². The van der Waals surface area contributed by atoms with Gasteiger partial charge in [-0.15, -0.1) is 24.0 Å². The lowest BCUT2D eigenvalue weighted by Gasteiger charge is -2.15. The zero-order chi connectivity index (χ0) is 20.9. The smallest absolute Gasteiger partial charge is 0.387 e. The molecule has 0 amide bonds. The number of ether oxygens (including phenoxy) is 3. The number of hydrogen-bond acceptors (Lipinski definition) is 5. The summed E-state index contributed by atoms with van der Waals surface area (Å²) in [5.41, 5.74) is 2.47. The summed E-state index contributed by atoms with van der Waals surface area (Å²) in [4.78, 5) is 8.55. The molecular formula is C21H21F2IN4O3. The van der Waals surface area contributed by atoms with Crippen LogP contribution in [-0.4, -0.2) is 31.4 Å². The van der Waals surface area contributed by atoms with Crippen molar-refractivity contribution in [3.05, 3.63) is 59.8 Å². The molecule has 31 heavy (non-hydrogen) atoms. The lowest BCUT2D eigenvalue weighted by atomic mass is 10.1. The summed E-state index contributed by atoms with van der Waals surface area (Å²) in [5.74, 6) is 1.40. The third-order valence-corrected chi connectivity index (χ3v) is 4.63. The van der Waals surface area contributed by atoms with E-state index in [2.05, 4.69) is 25.3 Å². The molecule has 2 heterocycles. The molecule has 0 fully saturated rings. The van der Waals surface area contributed by atoms with E-state index in [0.717, 1.165) is 16.5 Å². The first-order valence-electron chi connectivity index (χ1n) is 9.28. The third-order valence-electron chi connectivity index (χ3n) is 4.63. The van der Waals surface area contributed by atoms with Gasteiger partial charge in [-0.2, -0.15) is 8.78 Å². The van der Waals surface area contributed by atoms with Gasteiger partial charge in [0, 0.05) is 43.4 Å². The summed E-state index contributed by atoms with van der Waals surface area (Å²) in [5, 5.41) is 7.39. The van der Waals surface area contributed by atoms with Crippen LogP contribution in [0.2, 0.25) is 0 Å². The second kappa shape index (κ2) is 10.4. The number of hydrogen-bond donors (Lipinski definition) is 2. The maximum Gasteiger partial charge on any atom is 0.387 e. The summed E-state index contributed by atoms with van der Waals surface area (Å²) in [6, 6.07) is 12.8. The highest BCUT2D eigenvalue weighted by Gasteiger charge is 2.20. The van der Waals surface area contributed by atoms with Gasteiger partial charge in [0.2, 0.25) is 6.79 Å². The summed E-state index contributed by atoms with van der Waals surface area (Å²) < 4.78 is 40.8. The Kier molecular flexibility index (Phi) is 7.66. The molecular weight excluding hydrogens is 521 g/mol. The van der Waals surface area contributed by atoms with Crippen LogP contribution in [-0.2, 0) is 13.1 Å². The van der Waals surface area contributed by atoms with Gasteiger partial charge < -0.3 is 24.8 Å². The van der Waals surface area contributed by atoms with Crippen LogP contribution >= 0.6 is 24.0 Å². The van der Waals surface area contributed by atoms with Crippen LogP contribution in [0.3, 0.4) is 0 Å². The van der Waals surface area contributed by atoms with Gasteiger partial charge in [0.15, 0.2) is 17.5 Å². The topological polar surface area (TPSA) is 77.0 Å². The number of benzene rings is 2. The summed E-state index contributed by atoms with van der Waals surface area (Å²) in [6.45, 7) is -2.18. The van der Waals surface area contributed by atoms with Crippen LogP contribution in [0.25, 0.3) is 10.9 Å². The molecule has 0 bridgehead atoms. The minimum Gasteiger partial charge on any atom is -0.454 e. The van der Waals surface area contributed by atoms with E-state index in [1.54, 1.807) is 19.3 Å². The highest BCUT2D eigenvalue weighted by molar-refractivity contribution is 14.0. The van der Waals surface area contributed by atoms with E-state index in [1.165, 1.54) is 6.07 Å². The number of rotatable bonds is 6. The van der Waals surface area contributed by atoms with E-state index in [0.29, 0.717) is 29.6 Å². The first-order chi connectivity index (χ1) is 14.6. The number of halogens is 3. The largest absolute Gasteiger partial charge is 0.454 e. The van der Waals surface area contributed by atoms with Crippen LogP contribution in [0.5, 0.6) is 17.2 Å². The van der Waals surface area contributed by atoms with Crippen molar-refractivity contribution >= 4 is 40.8 Å². The maximum atomic E-state index is 12.8. The van der Waals surface area contributed by atoms with Crippen molar-refractivity contribution in [3.63, 3.8) is 0 Å². The number of para-hydroxylation sites is 1. The zero-order valence-corrected chi connectivity index (χ0v) is 18.9. The van der Waals surface area contributed by atoms with Crippen molar-refractivity contribution in [2.24, 2.45) is 4.99 Å². The quantitative estimate of drug-likeness (QED) is 0.278. The molecule has 1 aliphatic rings. The van der Waals surface area contributed by atoms with Crippen LogP contribution < -0.4 is 24.8 Å². The molecule has 0 atom stereocenters. The fourth-order valence-corrected chi connectivity index (χ4v) is 3.20. The molecule has 0 saturated carbocycles. The molecule has 1 aliphatic heterocycles. The lowest BCUT2D eigenvalue weighted by Crippen LogP contribution is -2.36. The number of pyridine rings is 1. The summed E-state index contributed by atoms with van der Waals surface area (Å²) in [7, 11) is 1.64. The van der Waals surface area contributed by atoms with Gasteiger partial charge in [-0.05, 0) is 23.8 Å². The van der Waals surface area contributed by atoms with E-state index in [-0.39, 0.29) is 43.1 Å². The van der Waals surface area contributed by atoms with E-state index in [1.807, 2.05) is 30.3 Å². The molecule has 0 spiro atoms. The summed E-state index contributed by atoms with van der Waals surface area (Å²) in [6.07, 6.45) is 1.76. The standard InChI is InChI=1S/C21H20F2N4O3.HI/c1-24-21(26-10-13-6-7-25-16-5-3-2-4-15(13)16)27-11-14-8-18-19(29-12-28-18)9-17(14)30-20(22)23;/h2-9,20H,10-12H2,1H3,(H2,24,26,27);1H. The first-order valence-corrected chi connectivity index (χ1v) is 9.28. The third kappa shape index (κ3) is 5.43. The predicted molar refractivity (Wildman–Crippen MR) is 123 cm³/mol. The first kappa shape index (κ1) is 22.8. The monoisotopic (exact) mass is 542 g/mol. The predicted octanol–water partition coefficient (Wildman–Crippen LogP) is 4.05. The lowest BCUT2D eigenvalue weighted by molar-refractivity contribution is -0.0505. The van der Waals surface area contributed by atoms with Crippen molar-refractivity contribution < 1.29 is 23.0 Å². The second-order valence-corrected chi connectivity index (χ2v) is 6.46. The van der Waals surface area contributed by atoms with Crippen molar-refractivity contribution in [1.82, 2.24) is 15.6 Å². The number of guanidine groups is 1. The molecule has 0 saturated heterocycles. The highest BCUT2D eigenvalue weighted by atomic mass is 127. The molecule has 0 unspecified atom stereocenters. The van der Waals surface area contributed by atoms with E-state index in [4.69, 9.17) is 9.47 Å². The van der Waals surface area contributed by atoms with Gasteiger partial charge in [-0.1, -0.05) is 18.2 Å². The van der Waals surface area contributed by atoms with Gasteiger partial charge in [0.1, 0.15) is 5.75 Å². The Hall–Kier alpha value is -2.89. The zero-order valence-electron chi connectivity index (χ0n) is 16.6. The number of aliphatic imine (C=N–C) groups is 1. The molecule has 10 heteroatoms. The Bertz CT molecular complexity index is 1080. The number of fused-ring (bicyclic) bond motifs is 2. The van der Waals surface area contributed by atoms with Crippen molar-refractivity contribution in [3.8, 4) is 17.2 Å². The molecule has 2 aromatic carbocycles. The molecule has 3 aromatic rings. The maximum absolute atomic E-state index is 12.8. The minimum absolute atomic E-state index is 0. The molecule has 0 radical (unpaired) electrons. The van der Waals surface area contributed by atoms with E-state index < -0.39 is 6.61 Å². The van der Waals surface area contributed by atoms with Gasteiger partial charge in [0.05, 0.1) is 5.52 Å². The fraction of sp³-hybridized carbons (Fsp3) is 0.238. The van der Waals surface area contributed by atoms with Crippen LogP contribution in [0.15, 0.2) is 53.7 Å². The Morgan fingerprint density at radius 1 is 1.10 bits per heavy atom. The average Bonchev–Trinajstić information content (AvgIpc) is 3.20. The van der Waals surface area contributed by atoms with Crippen molar-refractivity contribution in [1.29, 1.82) is 0 Å². The van der Waals surface area contributed by atoms with Crippen LogP contribution in [0.4, 0.5) is 8.78 Å². The van der Waals surface area contributed by atoms with Gasteiger partial charge in [-0.3, -0.25) is 9.98 Å². The van der Waals surface area contributed by atoms with Crippen molar-refractivity contribution in [2.45, 2.75) is 19.7 Å². The molecule has 4 rings (SSSR count). The van der Waals surface area contributed by atoms with E-state index >= 15 is 0 Å². The Morgan fingerprint density at radius 2 is 1.81 bits per heavy atom. The molecule has 7 nitrogen and oxygen atoms in total. The number of alkyl halides is 2. The molecule has 1 aromatic heterocycles. The average molecular weight is 542 g/mol. The Labute approximate surface area is 194 Å². The summed E-state index contributed by atoms with van der Waals surface area (Å²) >= 11 is 0. The molecule has 164 valence electrons. The van der Waals surface area contributed by atoms with Crippen molar-refractivity contribution in [2.75, 3.05) is 13.8 Å². The Morgan fingerprint density at radius 3 is 2.55 bits per heavy atom. The SMILES string of the molecule is CN=C(NCc1cc2c(cc1OC(F)F)OCO2)NCc1ccnc2ccccc12.I. The second-order valence-electron chi connectivity index (χ2n) is 6.46. The normalized spacial score (nSPS) is 12.6. The molecule has 0 aliphatic carbocycles. The number of nitrogens with one attached hydrogen (secondary N) is 2. The van der Waals surface area contributed by atoms with Gasteiger partial charge in [-0.25, -0.2) is 0 Å². The Balaban J connectivity index is 0.00000272. The number of nitrogens with zero attached hydrogens (tertiary/aromatic N) is 2. The highest BCUT2D eigenvalue weighted by Crippen LogP contribution is 2.38. The van der Waals surface area contributed by atoms with Crippen LogP contribution in [0.1, 0.15) is 11.1 Å². The fourth-order valence-electron chi connectivity index (χ4n) is 3.20. The number of aromatic nitrogens is 1. The van der Waals surface area contributed by atoms with Gasteiger partial charge >= 0.3 is 6.61 Å². The van der Waals surface area contributed by atoms with Gasteiger partial charge in [0.25, 0.3) is 0 Å². The minimum atomic E-state index is -2.94.